The van der Waals surface area contributed by atoms with Gasteiger partial charge < -0.3 is 19.1 Å². The van der Waals surface area contributed by atoms with Crippen LogP contribution in [-0.2, 0) is 9.30 Å². The average molecular weight is 492 g/mol. The van der Waals surface area contributed by atoms with Crippen molar-refractivity contribution in [2.24, 2.45) is 0 Å². The van der Waals surface area contributed by atoms with Crippen LogP contribution in [0.3, 0.4) is 0 Å². The van der Waals surface area contributed by atoms with Crippen molar-refractivity contribution in [3.63, 3.8) is 0 Å². The van der Waals surface area contributed by atoms with Crippen molar-refractivity contribution in [1.82, 2.24) is 5.32 Å². The summed E-state index contributed by atoms with van der Waals surface area (Å²) in [6.45, 7) is 0. The number of nitro benzene ring substituents is 1. The van der Waals surface area contributed by atoms with Gasteiger partial charge in [-0.1, -0.05) is 60.7 Å². The van der Waals surface area contributed by atoms with Crippen LogP contribution in [0.4, 0.5) is 10.5 Å². The van der Waals surface area contributed by atoms with Crippen molar-refractivity contribution in [3.8, 4) is 11.5 Å². The van der Waals surface area contributed by atoms with E-state index in [0.717, 1.165) is 0 Å². The van der Waals surface area contributed by atoms with Crippen LogP contribution >= 0.6 is 7.60 Å². The summed E-state index contributed by atoms with van der Waals surface area (Å²) in [6.07, 6.45) is -0.883. The van der Waals surface area contributed by atoms with E-state index in [9.17, 15) is 19.5 Å². The van der Waals surface area contributed by atoms with Gasteiger partial charge >= 0.3 is 13.7 Å². The molecular weight excluding hydrogens is 471 g/mol. The van der Waals surface area contributed by atoms with Gasteiger partial charge in [0.15, 0.2) is 5.78 Å². The largest absolute Gasteiger partial charge is 0.457 e. The van der Waals surface area contributed by atoms with Crippen LogP contribution in [0.15, 0.2) is 97.1 Å². The minimum absolute atomic E-state index is 0.135. The highest BCUT2D eigenvalue weighted by Crippen LogP contribution is 2.60. The Labute approximate surface area is 200 Å². The molecule has 4 aromatic rings. The smallest absolute Gasteiger partial charge is 0.453 e. The first-order chi connectivity index (χ1) is 16.9. The lowest BCUT2D eigenvalue weighted by molar-refractivity contribution is -0.383. The number of hydrogen-bond donors (Lipinski definition) is 1. The van der Waals surface area contributed by atoms with Crippen molar-refractivity contribution in [3.05, 3.63) is 113 Å². The quantitative estimate of drug-likeness (QED) is 0.171. The zero-order chi connectivity index (χ0) is 24.8. The number of non-ortho nitro benzene ring substituents is 1. The molecule has 0 aliphatic heterocycles. The van der Waals surface area contributed by atoms with Crippen molar-refractivity contribution in [1.29, 1.82) is 0 Å². The number of benzene rings is 4. The molecule has 0 fully saturated rings. The molecule has 0 saturated heterocycles. The Bertz CT molecular complexity index is 1350. The topological polar surface area (TPSA) is 117 Å². The van der Waals surface area contributed by atoms with Crippen LogP contribution in [0.2, 0.25) is 0 Å². The van der Waals surface area contributed by atoms with Crippen LogP contribution in [0.5, 0.6) is 11.5 Å². The molecule has 9 nitrogen and oxygen atoms in total. The molecule has 4 rings (SSSR count). The van der Waals surface area contributed by atoms with Gasteiger partial charge in [0.2, 0.25) is 0 Å². The Morgan fingerprint density at radius 2 is 1.37 bits per heavy atom. The normalized spacial score (nSPS) is 11.9. The molecule has 1 amide bonds. The first-order valence-corrected chi connectivity index (χ1v) is 12.1. The highest BCUT2D eigenvalue weighted by Gasteiger charge is 2.43. The second-order valence-electron chi connectivity index (χ2n) is 7.36. The Hall–Kier alpha value is -4.36. The second kappa shape index (κ2) is 10.3. The number of nitro groups is 1. The monoisotopic (exact) mass is 492 g/mol. The highest BCUT2D eigenvalue weighted by molar-refractivity contribution is 7.55. The summed E-state index contributed by atoms with van der Waals surface area (Å²) in [5.74, 6) is -0.884. The highest BCUT2D eigenvalue weighted by atomic mass is 31.2. The van der Waals surface area contributed by atoms with E-state index in [-0.39, 0.29) is 17.2 Å². The Kier molecular flexibility index (Phi) is 6.98. The molecule has 35 heavy (non-hydrogen) atoms. The SMILES string of the molecule is COC(=O)NC(c1cccc2c([N+](=O)[O-])cccc12)P(=O)(Oc1ccccc1)Oc1ccccc1. The molecule has 1 N–H and O–H groups in total. The molecule has 0 aromatic heterocycles. The van der Waals surface area contributed by atoms with Gasteiger partial charge in [0.05, 0.1) is 17.4 Å². The molecule has 0 aliphatic carbocycles. The Morgan fingerprint density at radius 1 is 0.829 bits per heavy atom. The molecule has 0 bridgehead atoms. The van der Waals surface area contributed by atoms with Gasteiger partial charge in [-0.05, 0) is 41.3 Å². The third kappa shape index (κ3) is 5.26. The lowest BCUT2D eigenvalue weighted by Gasteiger charge is -2.28. The number of carbonyl (C=O) groups excluding carboxylic acids is 1. The third-order valence-corrected chi connectivity index (χ3v) is 7.10. The molecule has 1 atom stereocenters. The summed E-state index contributed by atoms with van der Waals surface area (Å²) in [7, 11) is -3.12. The zero-order valence-corrected chi connectivity index (χ0v) is 19.5. The molecule has 178 valence electrons. The van der Waals surface area contributed by atoms with Gasteiger partial charge in [0, 0.05) is 6.07 Å². The number of methoxy groups -OCH3 is 1. The third-order valence-electron chi connectivity index (χ3n) is 5.13. The van der Waals surface area contributed by atoms with Crippen LogP contribution in [0, 0.1) is 10.1 Å². The summed E-state index contributed by atoms with van der Waals surface area (Å²) in [5, 5.41) is 14.9. The molecule has 0 aliphatic rings. The predicted molar refractivity (Wildman–Crippen MR) is 131 cm³/mol. The van der Waals surface area contributed by atoms with Gasteiger partial charge in [-0.3, -0.25) is 10.1 Å². The molecule has 0 saturated carbocycles. The fraction of sp³-hybridized carbons (Fsp3) is 0.0800. The van der Waals surface area contributed by atoms with Crippen LogP contribution < -0.4 is 14.4 Å². The number of carbonyl (C=O) groups is 1. The molecule has 10 heteroatoms. The van der Waals surface area contributed by atoms with E-state index in [1.807, 2.05) is 0 Å². The predicted octanol–water partition coefficient (Wildman–Crippen LogP) is 6.45. The van der Waals surface area contributed by atoms with Gasteiger partial charge in [0.1, 0.15) is 11.5 Å². The van der Waals surface area contributed by atoms with E-state index in [2.05, 4.69) is 5.32 Å². The number of amides is 1. The summed E-state index contributed by atoms with van der Waals surface area (Å²) < 4.78 is 31.1. The number of para-hydroxylation sites is 2. The summed E-state index contributed by atoms with van der Waals surface area (Å²) in [6, 6.07) is 26.0. The maximum Gasteiger partial charge on any atom is 0.457 e. The fourth-order valence-corrected chi connectivity index (χ4v) is 5.50. The van der Waals surface area contributed by atoms with E-state index in [1.165, 1.54) is 19.2 Å². The maximum atomic E-state index is 14.5. The van der Waals surface area contributed by atoms with Crippen LogP contribution in [0.25, 0.3) is 10.8 Å². The van der Waals surface area contributed by atoms with Crippen molar-refractivity contribution >= 4 is 30.1 Å². The van der Waals surface area contributed by atoms with Gasteiger partial charge in [-0.25, -0.2) is 9.36 Å². The minimum atomic E-state index is -4.29. The zero-order valence-electron chi connectivity index (χ0n) is 18.6. The summed E-state index contributed by atoms with van der Waals surface area (Å²) >= 11 is 0. The number of fused-ring (bicyclic) bond motifs is 1. The number of alkyl carbamates (subject to hydrolysis) is 1. The van der Waals surface area contributed by atoms with E-state index in [1.54, 1.807) is 84.9 Å². The van der Waals surface area contributed by atoms with Gasteiger partial charge in [-0.2, -0.15) is 0 Å². The van der Waals surface area contributed by atoms with Crippen molar-refractivity contribution in [2.45, 2.75) is 5.78 Å². The van der Waals surface area contributed by atoms with E-state index < -0.39 is 24.4 Å². The second-order valence-corrected chi connectivity index (χ2v) is 9.32. The Morgan fingerprint density at radius 3 is 1.91 bits per heavy atom. The fourth-order valence-electron chi connectivity index (χ4n) is 3.59. The minimum Gasteiger partial charge on any atom is -0.453 e. The van der Waals surface area contributed by atoms with E-state index in [0.29, 0.717) is 16.3 Å². The van der Waals surface area contributed by atoms with Crippen LogP contribution in [-0.4, -0.2) is 18.1 Å². The van der Waals surface area contributed by atoms with E-state index >= 15 is 0 Å². The lowest BCUT2D eigenvalue weighted by Crippen LogP contribution is -2.31. The van der Waals surface area contributed by atoms with Crippen molar-refractivity contribution in [2.75, 3.05) is 7.11 Å². The average Bonchev–Trinajstić information content (AvgIpc) is 2.87. The van der Waals surface area contributed by atoms with Crippen molar-refractivity contribution < 1.29 is 28.1 Å². The molecule has 4 aromatic carbocycles. The number of nitrogens with one attached hydrogen (secondary N) is 1. The van der Waals surface area contributed by atoms with E-state index in [4.69, 9.17) is 13.8 Å². The number of rotatable bonds is 8. The number of nitrogens with zero attached hydrogens (tertiary/aromatic N) is 1. The molecule has 0 heterocycles. The maximum absolute atomic E-state index is 14.5. The summed E-state index contributed by atoms with van der Waals surface area (Å²) in [4.78, 5) is 23.5. The Balaban J connectivity index is 1.92. The molecule has 0 spiro atoms. The first kappa shape index (κ1) is 23.8. The molecular formula is C25H21N2O7P. The molecule has 0 radical (unpaired) electrons. The summed E-state index contributed by atoms with van der Waals surface area (Å²) in [5.41, 5.74) is 0.163. The standard InChI is InChI=1S/C25H21N2O7P/c1-32-25(28)26-24(22-16-8-15-21-20(22)14-9-17-23(21)27(29)30)35(31,33-18-10-4-2-5-11-18)34-19-12-6-3-7-13-19/h2-17,24H,1H3,(H,26,28). The number of hydrogen-bond acceptors (Lipinski definition) is 7. The van der Waals surface area contributed by atoms with Gasteiger partial charge in [-0.15, -0.1) is 0 Å². The number of ether oxygens (including phenoxy) is 1. The molecule has 1 unspecified atom stereocenters. The lowest BCUT2D eigenvalue weighted by atomic mass is 10.0. The van der Waals surface area contributed by atoms with Gasteiger partial charge in [0.25, 0.3) is 5.69 Å². The van der Waals surface area contributed by atoms with Crippen LogP contribution in [0.1, 0.15) is 11.3 Å². The first-order valence-electron chi connectivity index (χ1n) is 10.5.